The van der Waals surface area contributed by atoms with Crippen LogP contribution in [0.2, 0.25) is 0 Å². The monoisotopic (exact) mass is 295 g/mol. The van der Waals surface area contributed by atoms with Crippen molar-refractivity contribution in [2.24, 2.45) is 0 Å². The van der Waals surface area contributed by atoms with Gasteiger partial charge in [-0.25, -0.2) is 9.78 Å². The zero-order valence-corrected chi connectivity index (χ0v) is 11.4. The van der Waals surface area contributed by atoms with Crippen LogP contribution in [0.3, 0.4) is 0 Å². The van der Waals surface area contributed by atoms with E-state index in [1.165, 1.54) is 30.1 Å². The molecule has 0 unspecified atom stereocenters. The van der Waals surface area contributed by atoms with Gasteiger partial charge in [0.05, 0.1) is 0 Å². The number of aromatic carboxylic acids is 1. The number of aromatic nitrogens is 1. The van der Waals surface area contributed by atoms with Gasteiger partial charge in [0.15, 0.2) is 0 Å². The number of hydrogen-bond donors (Lipinski definition) is 2. The molecule has 0 atom stereocenters. The molecule has 0 radical (unpaired) electrons. The van der Waals surface area contributed by atoms with Crippen molar-refractivity contribution in [1.29, 1.82) is 0 Å². The second-order valence-corrected chi connectivity index (χ2v) is 5.15. The fourth-order valence-corrected chi connectivity index (χ4v) is 2.59. The van der Waals surface area contributed by atoms with Gasteiger partial charge < -0.3 is 15.3 Å². The Kier molecular flexibility index (Phi) is 4.57. The first-order chi connectivity index (χ1) is 9.58. The van der Waals surface area contributed by atoms with Gasteiger partial charge in [-0.15, -0.1) is 0 Å². The molecular weight excluding hydrogens is 282 g/mol. The summed E-state index contributed by atoms with van der Waals surface area (Å²) in [6, 6.07) is 2.85. The Morgan fingerprint density at radius 1 is 1.50 bits per heavy atom. The van der Waals surface area contributed by atoms with Crippen LogP contribution in [0.5, 0.6) is 0 Å². The number of carboxylic acids is 1. The number of carbonyl (C=O) groups is 3. The highest BCUT2D eigenvalue weighted by molar-refractivity contribution is 8.13. The predicted molar refractivity (Wildman–Crippen MR) is 73.9 cm³/mol. The van der Waals surface area contributed by atoms with E-state index in [0.717, 1.165) is 5.75 Å². The standard InChI is InChI=1S/C12H13N3O4S/c16-9(3-5-15-6-7-20-12(15)19)14-10-8(11(17)18)2-1-4-13-10/h1-2,4H,3,5-7H2,(H,17,18)(H,13,14,16). The molecule has 106 valence electrons. The molecule has 0 bridgehead atoms. The Labute approximate surface area is 119 Å². The number of thioether (sulfide) groups is 1. The zero-order valence-electron chi connectivity index (χ0n) is 10.5. The number of amides is 2. The summed E-state index contributed by atoms with van der Waals surface area (Å²) >= 11 is 1.23. The summed E-state index contributed by atoms with van der Waals surface area (Å²) in [4.78, 5) is 39.5. The van der Waals surface area contributed by atoms with Gasteiger partial charge in [0, 0.05) is 31.5 Å². The van der Waals surface area contributed by atoms with Crippen LogP contribution < -0.4 is 5.32 Å². The number of carboxylic acid groups (broad SMARTS) is 1. The first-order valence-corrected chi connectivity index (χ1v) is 6.96. The quantitative estimate of drug-likeness (QED) is 0.848. The molecule has 1 aliphatic heterocycles. The van der Waals surface area contributed by atoms with Gasteiger partial charge in [-0.05, 0) is 12.1 Å². The van der Waals surface area contributed by atoms with E-state index in [-0.39, 0.29) is 28.9 Å². The van der Waals surface area contributed by atoms with E-state index in [0.29, 0.717) is 13.1 Å². The first kappa shape index (κ1) is 14.3. The van der Waals surface area contributed by atoms with Crippen molar-refractivity contribution in [3.05, 3.63) is 23.9 Å². The third kappa shape index (κ3) is 3.47. The number of carbonyl (C=O) groups excluding carboxylic acids is 2. The molecule has 2 heterocycles. The average Bonchev–Trinajstić information content (AvgIpc) is 2.82. The van der Waals surface area contributed by atoms with E-state index in [4.69, 9.17) is 5.11 Å². The second kappa shape index (κ2) is 6.38. The Bertz CT molecular complexity index is 549. The molecule has 7 nitrogen and oxygen atoms in total. The van der Waals surface area contributed by atoms with Crippen molar-refractivity contribution in [1.82, 2.24) is 9.88 Å². The largest absolute Gasteiger partial charge is 0.478 e. The Morgan fingerprint density at radius 3 is 2.95 bits per heavy atom. The molecule has 1 saturated heterocycles. The third-order valence-corrected chi connectivity index (χ3v) is 3.64. The van der Waals surface area contributed by atoms with Crippen LogP contribution in [-0.2, 0) is 4.79 Å². The molecule has 2 amide bonds. The maximum absolute atomic E-state index is 11.8. The predicted octanol–water partition coefficient (Wildman–Crippen LogP) is 1.28. The van der Waals surface area contributed by atoms with Crippen LogP contribution in [0.1, 0.15) is 16.8 Å². The highest BCUT2D eigenvalue weighted by Gasteiger charge is 2.21. The average molecular weight is 295 g/mol. The molecule has 1 aliphatic rings. The van der Waals surface area contributed by atoms with Crippen LogP contribution >= 0.6 is 11.8 Å². The number of nitrogens with zero attached hydrogens (tertiary/aromatic N) is 2. The molecule has 0 aliphatic carbocycles. The molecule has 20 heavy (non-hydrogen) atoms. The van der Waals surface area contributed by atoms with Gasteiger partial charge in [-0.3, -0.25) is 9.59 Å². The molecule has 1 aromatic heterocycles. The van der Waals surface area contributed by atoms with Crippen LogP contribution in [0.4, 0.5) is 10.6 Å². The van der Waals surface area contributed by atoms with E-state index in [1.807, 2.05) is 0 Å². The Balaban J connectivity index is 1.91. The molecule has 2 N–H and O–H groups in total. The van der Waals surface area contributed by atoms with E-state index in [9.17, 15) is 14.4 Å². The van der Waals surface area contributed by atoms with Crippen molar-refractivity contribution in [3.8, 4) is 0 Å². The Morgan fingerprint density at radius 2 is 2.30 bits per heavy atom. The molecule has 1 aromatic rings. The summed E-state index contributed by atoms with van der Waals surface area (Å²) in [6.07, 6.45) is 1.52. The number of rotatable bonds is 5. The molecule has 2 rings (SSSR count). The lowest BCUT2D eigenvalue weighted by atomic mass is 10.2. The highest BCUT2D eigenvalue weighted by atomic mass is 32.2. The minimum absolute atomic E-state index is 0.0205. The number of pyridine rings is 1. The normalized spacial score (nSPS) is 14.4. The van der Waals surface area contributed by atoms with Gasteiger partial charge in [0.2, 0.25) is 5.91 Å². The van der Waals surface area contributed by atoms with E-state index < -0.39 is 5.97 Å². The fourth-order valence-electron chi connectivity index (χ4n) is 1.74. The zero-order chi connectivity index (χ0) is 14.5. The topological polar surface area (TPSA) is 99.6 Å². The van der Waals surface area contributed by atoms with Crippen molar-refractivity contribution in [2.75, 3.05) is 24.2 Å². The Hall–Kier alpha value is -2.09. The SMILES string of the molecule is O=C(CCN1CCSC1=O)Nc1ncccc1C(=O)O. The van der Waals surface area contributed by atoms with Crippen LogP contribution in [0.25, 0.3) is 0 Å². The van der Waals surface area contributed by atoms with Crippen molar-refractivity contribution in [3.63, 3.8) is 0 Å². The number of anilines is 1. The third-order valence-electron chi connectivity index (χ3n) is 2.75. The molecule has 0 aromatic carbocycles. The number of hydrogen-bond acceptors (Lipinski definition) is 5. The first-order valence-electron chi connectivity index (χ1n) is 5.98. The minimum atomic E-state index is -1.15. The summed E-state index contributed by atoms with van der Waals surface area (Å²) in [6.45, 7) is 0.966. The maximum atomic E-state index is 11.8. The number of nitrogens with one attached hydrogen (secondary N) is 1. The van der Waals surface area contributed by atoms with Crippen LogP contribution in [-0.4, -0.2) is 50.9 Å². The van der Waals surface area contributed by atoms with Crippen molar-refractivity contribution < 1.29 is 19.5 Å². The second-order valence-electron chi connectivity index (χ2n) is 4.10. The molecule has 0 saturated carbocycles. The summed E-state index contributed by atoms with van der Waals surface area (Å²) in [5.74, 6) is -0.758. The minimum Gasteiger partial charge on any atom is -0.478 e. The van der Waals surface area contributed by atoms with E-state index in [1.54, 1.807) is 4.90 Å². The van der Waals surface area contributed by atoms with Crippen molar-refractivity contribution in [2.45, 2.75) is 6.42 Å². The van der Waals surface area contributed by atoms with E-state index in [2.05, 4.69) is 10.3 Å². The summed E-state index contributed by atoms with van der Waals surface area (Å²) in [7, 11) is 0. The van der Waals surface area contributed by atoms with Gasteiger partial charge in [0.1, 0.15) is 11.4 Å². The smallest absolute Gasteiger partial charge is 0.339 e. The van der Waals surface area contributed by atoms with Gasteiger partial charge in [-0.1, -0.05) is 11.8 Å². The lowest BCUT2D eigenvalue weighted by molar-refractivity contribution is -0.116. The van der Waals surface area contributed by atoms with Crippen LogP contribution in [0.15, 0.2) is 18.3 Å². The molecule has 8 heteroatoms. The maximum Gasteiger partial charge on any atom is 0.339 e. The van der Waals surface area contributed by atoms with Gasteiger partial charge >= 0.3 is 5.97 Å². The van der Waals surface area contributed by atoms with Gasteiger partial charge in [0.25, 0.3) is 5.24 Å². The summed E-state index contributed by atoms with van der Waals surface area (Å²) in [5.41, 5.74) is -0.0614. The molecular formula is C12H13N3O4S. The fraction of sp³-hybridized carbons (Fsp3) is 0.333. The van der Waals surface area contributed by atoms with E-state index >= 15 is 0 Å². The lowest BCUT2D eigenvalue weighted by Gasteiger charge is -2.14. The van der Waals surface area contributed by atoms with Crippen molar-refractivity contribution >= 4 is 34.7 Å². The van der Waals surface area contributed by atoms with Crippen LogP contribution in [0, 0.1) is 0 Å². The summed E-state index contributed by atoms with van der Waals surface area (Å²) in [5, 5.41) is 11.4. The van der Waals surface area contributed by atoms with Gasteiger partial charge in [-0.2, -0.15) is 0 Å². The highest BCUT2D eigenvalue weighted by Crippen LogP contribution is 2.17. The molecule has 1 fully saturated rings. The summed E-state index contributed by atoms with van der Waals surface area (Å²) < 4.78 is 0. The lowest BCUT2D eigenvalue weighted by Crippen LogP contribution is -2.28. The molecule has 0 spiro atoms.